The zero-order valence-corrected chi connectivity index (χ0v) is 11.1. The SMILES string of the molecule is CCc1nc(-n2cnc(CBr)c2)sc1C. The molecule has 0 aliphatic carbocycles. The minimum atomic E-state index is 0.783. The van der Waals surface area contributed by atoms with Gasteiger partial charge in [-0.3, -0.25) is 4.57 Å². The smallest absolute Gasteiger partial charge is 0.195 e. The van der Waals surface area contributed by atoms with Crippen LogP contribution in [0, 0.1) is 6.92 Å². The fraction of sp³-hybridized carbons (Fsp3) is 0.400. The van der Waals surface area contributed by atoms with Crippen LogP contribution >= 0.6 is 27.3 Å². The fourth-order valence-corrected chi connectivity index (χ4v) is 2.62. The molecule has 0 unspecified atom stereocenters. The molecule has 2 aromatic rings. The van der Waals surface area contributed by atoms with Crippen molar-refractivity contribution in [3.05, 3.63) is 28.8 Å². The normalized spacial score (nSPS) is 10.9. The minimum Gasteiger partial charge on any atom is -0.281 e. The van der Waals surface area contributed by atoms with Crippen molar-refractivity contribution in [3.8, 4) is 5.13 Å². The molecule has 0 saturated heterocycles. The van der Waals surface area contributed by atoms with Crippen molar-refractivity contribution in [2.24, 2.45) is 0 Å². The number of nitrogens with zero attached hydrogens (tertiary/aromatic N) is 3. The van der Waals surface area contributed by atoms with Crippen LogP contribution in [0.2, 0.25) is 0 Å². The Bertz CT molecular complexity index is 461. The average molecular weight is 286 g/mol. The van der Waals surface area contributed by atoms with E-state index in [-0.39, 0.29) is 0 Å². The largest absolute Gasteiger partial charge is 0.281 e. The third-order valence-corrected chi connectivity index (χ3v) is 3.81. The summed E-state index contributed by atoms with van der Waals surface area (Å²) in [4.78, 5) is 10.1. The van der Waals surface area contributed by atoms with Crippen molar-refractivity contribution in [2.75, 3.05) is 0 Å². The van der Waals surface area contributed by atoms with E-state index in [9.17, 15) is 0 Å². The van der Waals surface area contributed by atoms with Gasteiger partial charge in [-0.25, -0.2) is 9.97 Å². The second-order valence-electron chi connectivity index (χ2n) is 3.26. The van der Waals surface area contributed by atoms with E-state index < -0.39 is 0 Å². The van der Waals surface area contributed by atoms with Crippen molar-refractivity contribution in [1.82, 2.24) is 14.5 Å². The number of aromatic nitrogens is 3. The molecule has 0 spiro atoms. The molecule has 0 aliphatic rings. The summed E-state index contributed by atoms with van der Waals surface area (Å²) < 4.78 is 1.98. The maximum absolute atomic E-state index is 4.57. The summed E-state index contributed by atoms with van der Waals surface area (Å²) in [5, 5.41) is 1.79. The summed E-state index contributed by atoms with van der Waals surface area (Å²) in [5.41, 5.74) is 2.21. The second-order valence-corrected chi connectivity index (χ2v) is 5.00. The van der Waals surface area contributed by atoms with Gasteiger partial charge in [0.05, 0.1) is 11.4 Å². The Morgan fingerprint density at radius 1 is 1.53 bits per heavy atom. The highest BCUT2D eigenvalue weighted by Gasteiger charge is 2.08. The van der Waals surface area contributed by atoms with Crippen molar-refractivity contribution < 1.29 is 0 Å². The molecule has 0 aliphatic heterocycles. The van der Waals surface area contributed by atoms with Gasteiger partial charge in [0.1, 0.15) is 6.33 Å². The Balaban J connectivity index is 2.36. The van der Waals surface area contributed by atoms with E-state index in [4.69, 9.17) is 0 Å². The number of aryl methyl sites for hydroxylation is 2. The fourth-order valence-electron chi connectivity index (χ4n) is 1.39. The first-order valence-corrected chi connectivity index (χ1v) is 6.74. The summed E-state index contributed by atoms with van der Waals surface area (Å²) in [6.07, 6.45) is 4.81. The summed E-state index contributed by atoms with van der Waals surface area (Å²) in [6.45, 7) is 4.24. The lowest BCUT2D eigenvalue weighted by atomic mass is 10.3. The molecule has 0 amide bonds. The number of imidazole rings is 1. The summed E-state index contributed by atoms with van der Waals surface area (Å²) in [7, 11) is 0. The molecule has 0 aromatic carbocycles. The number of alkyl halides is 1. The zero-order valence-electron chi connectivity index (χ0n) is 8.70. The molecule has 0 radical (unpaired) electrons. The van der Waals surface area contributed by atoms with Crippen LogP contribution in [-0.4, -0.2) is 14.5 Å². The summed E-state index contributed by atoms with van der Waals surface area (Å²) >= 11 is 5.10. The first kappa shape index (κ1) is 10.8. The maximum atomic E-state index is 4.57. The Hall–Kier alpha value is -0.680. The van der Waals surface area contributed by atoms with Crippen molar-refractivity contribution in [2.45, 2.75) is 25.6 Å². The minimum absolute atomic E-state index is 0.783. The van der Waals surface area contributed by atoms with Crippen LogP contribution in [0.1, 0.15) is 23.2 Å². The lowest BCUT2D eigenvalue weighted by Gasteiger charge is -1.92. The Kier molecular flexibility index (Phi) is 3.21. The van der Waals surface area contributed by atoms with E-state index >= 15 is 0 Å². The van der Waals surface area contributed by atoms with Gasteiger partial charge < -0.3 is 0 Å². The molecule has 0 saturated carbocycles. The first-order valence-electron chi connectivity index (χ1n) is 4.80. The third kappa shape index (κ3) is 2.13. The molecule has 80 valence electrons. The predicted molar refractivity (Wildman–Crippen MR) is 66.0 cm³/mol. The molecule has 0 fully saturated rings. The number of thiazole rings is 1. The predicted octanol–water partition coefficient (Wildman–Crippen LogP) is 3.09. The zero-order chi connectivity index (χ0) is 10.8. The molecule has 0 N–H and O–H groups in total. The van der Waals surface area contributed by atoms with Gasteiger partial charge in [-0.05, 0) is 13.3 Å². The highest BCUT2D eigenvalue weighted by atomic mass is 79.9. The van der Waals surface area contributed by atoms with Gasteiger partial charge in [0.15, 0.2) is 5.13 Å². The van der Waals surface area contributed by atoms with Crippen LogP contribution in [-0.2, 0) is 11.8 Å². The number of halogens is 1. The van der Waals surface area contributed by atoms with Gasteiger partial charge in [-0.15, -0.1) is 11.3 Å². The van der Waals surface area contributed by atoms with Gasteiger partial charge in [-0.2, -0.15) is 0 Å². The van der Waals surface area contributed by atoms with Crippen molar-refractivity contribution in [3.63, 3.8) is 0 Å². The van der Waals surface area contributed by atoms with Crippen LogP contribution in [0.3, 0.4) is 0 Å². The van der Waals surface area contributed by atoms with E-state index in [1.165, 1.54) is 10.6 Å². The highest BCUT2D eigenvalue weighted by molar-refractivity contribution is 9.08. The Morgan fingerprint density at radius 2 is 2.33 bits per heavy atom. The Labute approximate surface area is 101 Å². The molecule has 15 heavy (non-hydrogen) atoms. The Morgan fingerprint density at radius 3 is 2.87 bits per heavy atom. The van der Waals surface area contributed by atoms with Crippen LogP contribution in [0.15, 0.2) is 12.5 Å². The van der Waals surface area contributed by atoms with Crippen LogP contribution in [0.5, 0.6) is 0 Å². The maximum Gasteiger partial charge on any atom is 0.195 e. The van der Waals surface area contributed by atoms with Gasteiger partial charge in [0, 0.05) is 16.4 Å². The standard InChI is InChI=1S/C10H12BrN3S/c1-3-9-7(2)15-10(13-9)14-5-8(4-11)12-6-14/h5-6H,3-4H2,1-2H3. The van der Waals surface area contributed by atoms with E-state index in [0.29, 0.717) is 0 Å². The van der Waals surface area contributed by atoms with Crippen molar-refractivity contribution >= 4 is 27.3 Å². The quantitative estimate of drug-likeness (QED) is 0.812. The summed E-state index contributed by atoms with van der Waals surface area (Å²) in [6, 6.07) is 0. The van der Waals surface area contributed by atoms with Crippen LogP contribution in [0.4, 0.5) is 0 Å². The molecular formula is C10H12BrN3S. The van der Waals surface area contributed by atoms with Crippen LogP contribution < -0.4 is 0 Å². The lowest BCUT2D eigenvalue weighted by Crippen LogP contribution is -1.89. The molecular weight excluding hydrogens is 274 g/mol. The van der Waals surface area contributed by atoms with Gasteiger partial charge in [0.25, 0.3) is 0 Å². The number of hydrogen-bond acceptors (Lipinski definition) is 3. The molecule has 0 atom stereocenters. The summed E-state index contributed by atoms with van der Waals surface area (Å²) in [5.74, 6) is 0. The number of rotatable bonds is 3. The van der Waals surface area contributed by atoms with E-state index in [2.05, 4.69) is 39.7 Å². The lowest BCUT2D eigenvalue weighted by molar-refractivity contribution is 0.976. The molecule has 2 rings (SSSR count). The molecule has 0 bridgehead atoms. The molecule has 5 heteroatoms. The van der Waals surface area contributed by atoms with Crippen LogP contribution in [0.25, 0.3) is 5.13 Å². The van der Waals surface area contributed by atoms with Gasteiger partial charge >= 0.3 is 0 Å². The number of hydrogen-bond donors (Lipinski definition) is 0. The van der Waals surface area contributed by atoms with E-state index in [1.807, 2.05) is 17.1 Å². The van der Waals surface area contributed by atoms with Gasteiger partial charge in [-0.1, -0.05) is 22.9 Å². The molecule has 2 aromatic heterocycles. The van der Waals surface area contributed by atoms with Gasteiger partial charge in [0.2, 0.25) is 0 Å². The molecule has 3 nitrogen and oxygen atoms in total. The first-order chi connectivity index (χ1) is 7.24. The molecule has 2 heterocycles. The second kappa shape index (κ2) is 4.45. The topological polar surface area (TPSA) is 30.7 Å². The average Bonchev–Trinajstić information content (AvgIpc) is 2.83. The van der Waals surface area contributed by atoms with E-state index in [0.717, 1.165) is 22.6 Å². The third-order valence-electron chi connectivity index (χ3n) is 2.21. The monoisotopic (exact) mass is 285 g/mol. The van der Waals surface area contributed by atoms with E-state index in [1.54, 1.807) is 11.3 Å². The highest BCUT2D eigenvalue weighted by Crippen LogP contribution is 2.21. The van der Waals surface area contributed by atoms with Crippen molar-refractivity contribution in [1.29, 1.82) is 0 Å².